The van der Waals surface area contributed by atoms with Crippen LogP contribution in [0, 0.1) is 0 Å². The zero-order valence-corrected chi connectivity index (χ0v) is 22.6. The largest absolute Gasteiger partial charge is 0.497 e. The first-order valence-electron chi connectivity index (χ1n) is 13.5. The number of β-amino-alcohol motifs (C(OH)–C–C–N with tert-alkyl or cyclic N) is 1. The number of aliphatic hydroxyl groups excluding tert-OH is 1. The van der Waals surface area contributed by atoms with Gasteiger partial charge in [-0.2, -0.15) is 0 Å². The van der Waals surface area contributed by atoms with Crippen LogP contribution in [0.5, 0.6) is 11.5 Å². The minimum Gasteiger partial charge on any atom is -0.497 e. The summed E-state index contributed by atoms with van der Waals surface area (Å²) in [6, 6.07) is 25.7. The van der Waals surface area contributed by atoms with Crippen molar-refractivity contribution in [1.82, 2.24) is 4.90 Å². The summed E-state index contributed by atoms with van der Waals surface area (Å²) in [5.41, 5.74) is 1.89. The highest BCUT2D eigenvalue weighted by Gasteiger charge is 2.41. The lowest BCUT2D eigenvalue weighted by Gasteiger charge is -2.38. The van der Waals surface area contributed by atoms with Crippen molar-refractivity contribution in [2.75, 3.05) is 27.4 Å². The molecule has 1 amide bonds. The summed E-state index contributed by atoms with van der Waals surface area (Å²) in [5, 5.41) is 10.5. The number of unbranched alkanes of at least 4 members (excludes halogenated alkanes) is 2. The van der Waals surface area contributed by atoms with Crippen molar-refractivity contribution in [2.45, 2.75) is 56.8 Å². The Bertz CT molecular complexity index is 1100. The van der Waals surface area contributed by atoms with E-state index in [-0.39, 0.29) is 18.6 Å². The molecule has 1 unspecified atom stereocenters. The van der Waals surface area contributed by atoms with E-state index < -0.39 is 11.7 Å². The van der Waals surface area contributed by atoms with Crippen molar-refractivity contribution < 1.29 is 24.1 Å². The van der Waals surface area contributed by atoms with Crippen LogP contribution in [0.25, 0.3) is 0 Å². The fraction of sp³-hybridized carbons (Fsp3) is 0.406. The van der Waals surface area contributed by atoms with Crippen molar-refractivity contribution in [3.05, 3.63) is 95.6 Å². The SMILES string of the molecule is CCCCCC(=O)N1C[C@H](O)CC1COC(c1ccccc1)(c1ccc(OC)cc1)c1ccc(OC)cc1. The van der Waals surface area contributed by atoms with Crippen LogP contribution in [0.4, 0.5) is 0 Å². The molecule has 1 aliphatic heterocycles. The molecule has 202 valence electrons. The van der Waals surface area contributed by atoms with Gasteiger partial charge in [0.1, 0.15) is 17.1 Å². The fourth-order valence-electron chi connectivity index (χ4n) is 5.32. The Morgan fingerprint density at radius 2 is 1.42 bits per heavy atom. The van der Waals surface area contributed by atoms with Gasteiger partial charge in [0.2, 0.25) is 5.91 Å². The van der Waals surface area contributed by atoms with Crippen LogP contribution >= 0.6 is 0 Å². The minimum absolute atomic E-state index is 0.0859. The molecule has 0 aromatic heterocycles. The molecule has 4 rings (SSSR count). The summed E-state index contributed by atoms with van der Waals surface area (Å²) in [4.78, 5) is 14.9. The number of aliphatic hydroxyl groups is 1. The molecule has 2 atom stereocenters. The smallest absolute Gasteiger partial charge is 0.222 e. The Kier molecular flexibility index (Phi) is 9.43. The number of carbonyl (C=O) groups excluding carboxylic acids is 1. The molecule has 3 aromatic carbocycles. The summed E-state index contributed by atoms with van der Waals surface area (Å²) in [6.07, 6.45) is 3.39. The van der Waals surface area contributed by atoms with Gasteiger partial charge in [-0.3, -0.25) is 4.79 Å². The standard InChI is InChI=1S/C32H39NO5/c1-4-5-7-12-31(35)33-22-28(34)21-27(33)23-38-32(24-10-8-6-9-11-24,25-13-17-29(36-2)18-14-25)26-15-19-30(37-3)20-16-26/h6,8-11,13-20,27-28,34H,4-5,7,12,21-23H2,1-3H3/t27?,28-/m1/s1. The Morgan fingerprint density at radius 1 is 0.868 bits per heavy atom. The zero-order valence-electron chi connectivity index (χ0n) is 22.6. The average molecular weight is 518 g/mol. The predicted molar refractivity (Wildman–Crippen MR) is 149 cm³/mol. The Labute approximate surface area is 226 Å². The lowest BCUT2D eigenvalue weighted by atomic mass is 9.80. The van der Waals surface area contributed by atoms with Crippen LogP contribution in [0.2, 0.25) is 0 Å². The highest BCUT2D eigenvalue weighted by atomic mass is 16.5. The van der Waals surface area contributed by atoms with Gasteiger partial charge in [-0.25, -0.2) is 0 Å². The number of nitrogens with zero attached hydrogens (tertiary/aromatic N) is 1. The van der Waals surface area contributed by atoms with Crippen molar-refractivity contribution >= 4 is 5.91 Å². The van der Waals surface area contributed by atoms with Gasteiger partial charge in [-0.05, 0) is 53.8 Å². The molecular formula is C32H39NO5. The molecule has 6 heteroatoms. The van der Waals surface area contributed by atoms with E-state index in [9.17, 15) is 9.90 Å². The molecule has 1 fully saturated rings. The fourth-order valence-corrected chi connectivity index (χ4v) is 5.32. The minimum atomic E-state index is -0.954. The number of hydrogen-bond donors (Lipinski definition) is 1. The van der Waals surface area contributed by atoms with Crippen molar-refractivity contribution in [1.29, 1.82) is 0 Å². The van der Waals surface area contributed by atoms with Crippen molar-refractivity contribution in [3.8, 4) is 11.5 Å². The summed E-state index contributed by atoms with van der Waals surface area (Å²) < 4.78 is 17.8. The van der Waals surface area contributed by atoms with Crippen LogP contribution in [0.3, 0.4) is 0 Å². The quantitative estimate of drug-likeness (QED) is 0.252. The van der Waals surface area contributed by atoms with E-state index in [0.29, 0.717) is 19.4 Å². The van der Waals surface area contributed by atoms with Crippen LogP contribution in [0.1, 0.15) is 55.7 Å². The topological polar surface area (TPSA) is 68.2 Å². The van der Waals surface area contributed by atoms with E-state index in [1.54, 1.807) is 14.2 Å². The molecule has 6 nitrogen and oxygen atoms in total. The summed E-state index contributed by atoms with van der Waals surface area (Å²) in [5.74, 6) is 1.60. The first-order valence-corrected chi connectivity index (χ1v) is 13.5. The second-order valence-corrected chi connectivity index (χ2v) is 9.86. The second kappa shape index (κ2) is 12.9. The number of amides is 1. The Morgan fingerprint density at radius 3 is 1.95 bits per heavy atom. The normalized spacial score (nSPS) is 17.4. The molecule has 38 heavy (non-hydrogen) atoms. The number of ether oxygens (including phenoxy) is 3. The van der Waals surface area contributed by atoms with Crippen LogP contribution in [-0.4, -0.2) is 55.4 Å². The predicted octanol–water partition coefficient (Wildman–Crippen LogP) is 5.55. The molecule has 0 spiro atoms. The molecule has 0 aliphatic carbocycles. The molecule has 3 aromatic rings. The van der Waals surface area contributed by atoms with E-state index in [1.807, 2.05) is 71.6 Å². The van der Waals surface area contributed by atoms with Crippen LogP contribution in [0.15, 0.2) is 78.9 Å². The monoisotopic (exact) mass is 517 g/mol. The van der Waals surface area contributed by atoms with E-state index >= 15 is 0 Å². The average Bonchev–Trinajstić information content (AvgIpc) is 3.35. The second-order valence-electron chi connectivity index (χ2n) is 9.86. The highest BCUT2D eigenvalue weighted by molar-refractivity contribution is 5.77. The maximum atomic E-state index is 13.1. The van der Waals surface area contributed by atoms with Gasteiger partial charge in [0.25, 0.3) is 0 Å². The zero-order chi connectivity index (χ0) is 27.0. The summed E-state index contributed by atoms with van der Waals surface area (Å²) >= 11 is 0. The van der Waals surface area contributed by atoms with Crippen LogP contribution < -0.4 is 9.47 Å². The van der Waals surface area contributed by atoms with E-state index in [2.05, 4.69) is 19.1 Å². The first kappa shape index (κ1) is 27.7. The number of hydrogen-bond acceptors (Lipinski definition) is 5. The van der Waals surface area contributed by atoms with E-state index in [4.69, 9.17) is 14.2 Å². The maximum Gasteiger partial charge on any atom is 0.222 e. The maximum absolute atomic E-state index is 13.1. The van der Waals surface area contributed by atoms with Crippen LogP contribution in [-0.2, 0) is 15.1 Å². The molecule has 0 saturated carbocycles. The number of rotatable bonds is 12. The molecular weight excluding hydrogens is 478 g/mol. The van der Waals surface area contributed by atoms with Crippen molar-refractivity contribution in [3.63, 3.8) is 0 Å². The lowest BCUT2D eigenvalue weighted by molar-refractivity contribution is -0.134. The van der Waals surface area contributed by atoms with E-state index in [0.717, 1.165) is 47.5 Å². The molecule has 1 saturated heterocycles. The van der Waals surface area contributed by atoms with Gasteiger partial charge in [0, 0.05) is 13.0 Å². The third-order valence-electron chi connectivity index (χ3n) is 7.37. The van der Waals surface area contributed by atoms with Gasteiger partial charge in [-0.15, -0.1) is 0 Å². The van der Waals surface area contributed by atoms with Gasteiger partial charge >= 0.3 is 0 Å². The summed E-state index contributed by atoms with van der Waals surface area (Å²) in [6.45, 7) is 2.76. The first-order chi connectivity index (χ1) is 18.5. The van der Waals surface area contributed by atoms with E-state index in [1.165, 1.54) is 0 Å². The number of carbonyl (C=O) groups is 1. The third kappa shape index (κ3) is 6.03. The Balaban J connectivity index is 1.74. The van der Waals surface area contributed by atoms with Gasteiger partial charge < -0.3 is 24.2 Å². The third-order valence-corrected chi connectivity index (χ3v) is 7.37. The van der Waals surface area contributed by atoms with Gasteiger partial charge in [0.15, 0.2) is 0 Å². The number of methoxy groups -OCH3 is 2. The van der Waals surface area contributed by atoms with Gasteiger partial charge in [-0.1, -0.05) is 74.4 Å². The Hall–Kier alpha value is -3.35. The molecule has 1 aliphatic rings. The molecule has 1 heterocycles. The lowest BCUT2D eigenvalue weighted by Crippen LogP contribution is -2.42. The van der Waals surface area contributed by atoms with Crippen molar-refractivity contribution in [2.24, 2.45) is 0 Å². The summed E-state index contributed by atoms with van der Waals surface area (Å²) in [7, 11) is 3.30. The molecule has 0 bridgehead atoms. The van der Waals surface area contributed by atoms with Gasteiger partial charge in [0.05, 0.1) is 33.0 Å². The molecule has 0 radical (unpaired) electrons. The molecule has 1 N–H and O–H groups in total. The number of benzene rings is 3. The highest BCUT2D eigenvalue weighted by Crippen LogP contribution is 2.42. The number of likely N-dealkylation sites (tertiary alicyclic amines) is 1.